The van der Waals surface area contributed by atoms with Gasteiger partial charge < -0.3 is 10.6 Å². The van der Waals surface area contributed by atoms with E-state index >= 15 is 0 Å². The predicted octanol–water partition coefficient (Wildman–Crippen LogP) is 3.63. The Bertz CT molecular complexity index is 845. The van der Waals surface area contributed by atoms with Gasteiger partial charge in [0.2, 0.25) is 0 Å². The van der Waals surface area contributed by atoms with E-state index < -0.39 is 0 Å². The van der Waals surface area contributed by atoms with Gasteiger partial charge in [-0.1, -0.05) is 23.7 Å². The van der Waals surface area contributed by atoms with Gasteiger partial charge in [0.05, 0.1) is 5.69 Å². The minimum atomic E-state index is 0.384. The van der Waals surface area contributed by atoms with E-state index in [0.717, 1.165) is 42.1 Å². The largest absolute Gasteiger partial charge is 0.366 e. The summed E-state index contributed by atoms with van der Waals surface area (Å²) in [5, 5.41) is 7.58. The van der Waals surface area contributed by atoms with Crippen molar-refractivity contribution in [3.63, 3.8) is 0 Å². The first-order valence-electron chi connectivity index (χ1n) is 8.30. The Morgan fingerprint density at radius 2 is 1.96 bits per heavy atom. The summed E-state index contributed by atoms with van der Waals surface area (Å²) in [5.41, 5.74) is 2.76. The number of rotatable bonds is 4. The zero-order valence-corrected chi connectivity index (χ0v) is 14.4. The van der Waals surface area contributed by atoms with Gasteiger partial charge in [-0.25, -0.2) is 9.97 Å². The first-order chi connectivity index (χ1) is 12.3. The molecule has 1 aliphatic heterocycles. The molecule has 0 bridgehead atoms. The molecule has 5 nitrogen and oxygen atoms in total. The second kappa shape index (κ2) is 7.17. The second-order valence-corrected chi connectivity index (χ2v) is 6.48. The van der Waals surface area contributed by atoms with E-state index in [1.807, 2.05) is 42.5 Å². The molecule has 0 amide bonds. The molecular formula is C19H18ClN5. The number of nitrogens with zero attached hydrogens (tertiary/aromatic N) is 3. The van der Waals surface area contributed by atoms with Gasteiger partial charge in [0.15, 0.2) is 5.82 Å². The van der Waals surface area contributed by atoms with Crippen LogP contribution in [0.3, 0.4) is 0 Å². The van der Waals surface area contributed by atoms with Crippen molar-refractivity contribution in [2.75, 3.05) is 18.4 Å². The fourth-order valence-corrected chi connectivity index (χ4v) is 3.03. The van der Waals surface area contributed by atoms with Crippen LogP contribution in [0, 0.1) is 0 Å². The molecule has 0 unspecified atom stereocenters. The predicted molar refractivity (Wildman–Crippen MR) is 101 cm³/mol. The van der Waals surface area contributed by atoms with Crippen LogP contribution in [0.5, 0.6) is 0 Å². The van der Waals surface area contributed by atoms with Crippen LogP contribution in [-0.4, -0.2) is 34.1 Å². The quantitative estimate of drug-likeness (QED) is 0.751. The van der Waals surface area contributed by atoms with Crippen molar-refractivity contribution in [1.82, 2.24) is 20.3 Å². The molecule has 0 saturated carbocycles. The zero-order chi connectivity index (χ0) is 17.1. The molecular weight excluding hydrogens is 334 g/mol. The van der Waals surface area contributed by atoms with Crippen molar-refractivity contribution < 1.29 is 0 Å². The number of pyridine rings is 1. The summed E-state index contributed by atoms with van der Waals surface area (Å²) >= 11 is 6.01. The van der Waals surface area contributed by atoms with Crippen LogP contribution in [0.1, 0.15) is 6.42 Å². The first kappa shape index (κ1) is 16.0. The molecule has 1 aliphatic rings. The third-order valence-electron chi connectivity index (χ3n) is 4.20. The highest BCUT2D eigenvalue weighted by Gasteiger charge is 2.16. The van der Waals surface area contributed by atoms with E-state index in [1.165, 1.54) is 0 Å². The van der Waals surface area contributed by atoms with Crippen molar-refractivity contribution in [1.29, 1.82) is 0 Å². The third kappa shape index (κ3) is 3.78. The van der Waals surface area contributed by atoms with Crippen LogP contribution in [0.15, 0.2) is 54.9 Å². The lowest BCUT2D eigenvalue weighted by Gasteiger charge is -2.14. The van der Waals surface area contributed by atoms with E-state index in [9.17, 15) is 0 Å². The molecule has 2 aromatic heterocycles. The minimum Gasteiger partial charge on any atom is -0.366 e. The highest BCUT2D eigenvalue weighted by Crippen LogP contribution is 2.25. The van der Waals surface area contributed by atoms with E-state index in [1.54, 1.807) is 12.4 Å². The maximum Gasteiger partial charge on any atom is 0.163 e. The van der Waals surface area contributed by atoms with Gasteiger partial charge in [0.25, 0.3) is 0 Å². The SMILES string of the molecule is Clc1ccc(-c2cc(N[C@@H]3CCNC3)nc(-c3cccnc3)n2)cc1. The van der Waals surface area contributed by atoms with Gasteiger partial charge >= 0.3 is 0 Å². The van der Waals surface area contributed by atoms with E-state index in [2.05, 4.69) is 15.6 Å². The molecule has 1 aromatic carbocycles. The zero-order valence-electron chi connectivity index (χ0n) is 13.6. The fourth-order valence-electron chi connectivity index (χ4n) is 2.90. The van der Waals surface area contributed by atoms with Gasteiger partial charge in [0.1, 0.15) is 5.82 Å². The van der Waals surface area contributed by atoms with Crippen molar-refractivity contribution in [3.05, 3.63) is 59.9 Å². The number of aromatic nitrogens is 3. The highest BCUT2D eigenvalue weighted by atomic mass is 35.5. The lowest BCUT2D eigenvalue weighted by Crippen LogP contribution is -2.22. The molecule has 3 heterocycles. The Labute approximate surface area is 151 Å². The third-order valence-corrected chi connectivity index (χ3v) is 4.45. The van der Waals surface area contributed by atoms with Gasteiger partial charge in [-0.3, -0.25) is 4.98 Å². The standard InChI is InChI=1S/C19H18ClN5/c20-15-5-3-13(4-6-15)17-10-18(23-16-7-9-22-12-16)25-19(24-17)14-2-1-8-21-11-14/h1-6,8,10-11,16,22H,7,9,12H2,(H,23,24,25)/t16-/m1/s1. The van der Waals surface area contributed by atoms with Crippen LogP contribution in [0.25, 0.3) is 22.6 Å². The average Bonchev–Trinajstić information content (AvgIpc) is 3.16. The molecule has 1 saturated heterocycles. The van der Waals surface area contributed by atoms with Crippen molar-refractivity contribution in [3.8, 4) is 22.6 Å². The molecule has 3 aromatic rings. The summed E-state index contributed by atoms with van der Waals surface area (Å²) < 4.78 is 0. The molecule has 126 valence electrons. The monoisotopic (exact) mass is 351 g/mol. The Kier molecular flexibility index (Phi) is 4.59. The maximum absolute atomic E-state index is 6.01. The lowest BCUT2D eigenvalue weighted by atomic mass is 10.1. The van der Waals surface area contributed by atoms with E-state index in [4.69, 9.17) is 21.6 Å². The molecule has 0 radical (unpaired) electrons. The number of halogens is 1. The Morgan fingerprint density at radius 3 is 2.68 bits per heavy atom. The van der Waals surface area contributed by atoms with E-state index in [-0.39, 0.29) is 0 Å². The summed E-state index contributed by atoms with van der Waals surface area (Å²) in [7, 11) is 0. The van der Waals surface area contributed by atoms with Crippen LogP contribution >= 0.6 is 11.6 Å². The van der Waals surface area contributed by atoms with Crippen LogP contribution in [0.2, 0.25) is 5.02 Å². The molecule has 0 aliphatic carbocycles. The maximum atomic E-state index is 6.01. The van der Waals surface area contributed by atoms with Crippen LogP contribution in [-0.2, 0) is 0 Å². The number of hydrogen-bond donors (Lipinski definition) is 2. The number of hydrogen-bond acceptors (Lipinski definition) is 5. The molecule has 4 rings (SSSR count). The Balaban J connectivity index is 1.75. The molecule has 25 heavy (non-hydrogen) atoms. The molecule has 1 atom stereocenters. The lowest BCUT2D eigenvalue weighted by molar-refractivity contribution is 0.787. The topological polar surface area (TPSA) is 62.7 Å². The number of nitrogens with one attached hydrogen (secondary N) is 2. The first-order valence-corrected chi connectivity index (χ1v) is 8.68. The van der Waals surface area contributed by atoms with Gasteiger partial charge in [0, 0.05) is 47.2 Å². The summed E-state index contributed by atoms with van der Waals surface area (Å²) in [4.78, 5) is 13.6. The van der Waals surface area contributed by atoms with Crippen molar-refractivity contribution in [2.45, 2.75) is 12.5 Å². The van der Waals surface area contributed by atoms with Crippen LogP contribution in [0.4, 0.5) is 5.82 Å². The minimum absolute atomic E-state index is 0.384. The van der Waals surface area contributed by atoms with Gasteiger partial charge in [-0.05, 0) is 37.2 Å². The molecule has 1 fully saturated rings. The van der Waals surface area contributed by atoms with Crippen molar-refractivity contribution in [2.24, 2.45) is 0 Å². The summed E-state index contributed by atoms with van der Waals surface area (Å²) in [6.45, 7) is 1.98. The summed E-state index contributed by atoms with van der Waals surface area (Å²) in [6, 6.07) is 13.9. The molecule has 6 heteroatoms. The summed E-state index contributed by atoms with van der Waals surface area (Å²) in [5.74, 6) is 1.49. The van der Waals surface area contributed by atoms with E-state index in [0.29, 0.717) is 16.9 Å². The number of benzene rings is 1. The fraction of sp³-hybridized carbons (Fsp3) is 0.211. The Morgan fingerprint density at radius 1 is 1.08 bits per heavy atom. The second-order valence-electron chi connectivity index (χ2n) is 6.04. The normalized spacial score (nSPS) is 16.8. The van der Waals surface area contributed by atoms with Gasteiger partial charge in [-0.15, -0.1) is 0 Å². The molecule has 2 N–H and O–H groups in total. The van der Waals surface area contributed by atoms with Crippen LogP contribution < -0.4 is 10.6 Å². The number of anilines is 1. The van der Waals surface area contributed by atoms with Gasteiger partial charge in [-0.2, -0.15) is 0 Å². The smallest absolute Gasteiger partial charge is 0.163 e. The average molecular weight is 352 g/mol. The Hall–Kier alpha value is -2.50. The molecule has 0 spiro atoms. The summed E-state index contributed by atoms with van der Waals surface area (Å²) in [6.07, 6.45) is 4.61. The highest BCUT2D eigenvalue weighted by molar-refractivity contribution is 6.30. The van der Waals surface area contributed by atoms with Crippen molar-refractivity contribution >= 4 is 17.4 Å².